The highest BCUT2D eigenvalue weighted by atomic mass is 79.9. The predicted octanol–water partition coefficient (Wildman–Crippen LogP) is 3.71. The fraction of sp³-hybridized carbons (Fsp3) is 0.611. The van der Waals surface area contributed by atoms with Crippen LogP contribution in [0, 0.1) is 11.8 Å². The van der Waals surface area contributed by atoms with Gasteiger partial charge in [0.2, 0.25) is 5.91 Å². The molecule has 1 N–H and O–H groups in total. The topological polar surface area (TPSA) is 32.3 Å². The molecule has 0 aliphatic carbocycles. The van der Waals surface area contributed by atoms with Crippen molar-refractivity contribution in [1.29, 1.82) is 0 Å². The maximum atomic E-state index is 13.0. The Morgan fingerprint density at radius 3 is 2.64 bits per heavy atom. The SMILES string of the molecule is CCC1(CC)CN(C(=O)C(C)C2CNC2)c2ccc(Br)cc21. The average Bonchev–Trinajstić information content (AvgIpc) is 2.79. The van der Waals surface area contributed by atoms with Crippen LogP contribution in [0.25, 0.3) is 0 Å². The maximum Gasteiger partial charge on any atom is 0.230 e. The Labute approximate surface area is 141 Å². The second-order valence-corrected chi connectivity index (χ2v) is 7.70. The molecule has 1 amide bonds. The van der Waals surface area contributed by atoms with Crippen LogP contribution >= 0.6 is 15.9 Å². The van der Waals surface area contributed by atoms with E-state index in [4.69, 9.17) is 0 Å². The van der Waals surface area contributed by atoms with E-state index in [1.165, 1.54) is 5.56 Å². The third kappa shape index (κ3) is 2.41. The van der Waals surface area contributed by atoms with E-state index in [1.807, 2.05) is 0 Å². The van der Waals surface area contributed by atoms with Gasteiger partial charge >= 0.3 is 0 Å². The fourth-order valence-corrected chi connectivity index (χ4v) is 4.17. The molecule has 4 heteroatoms. The van der Waals surface area contributed by atoms with E-state index in [2.05, 4.69) is 65.1 Å². The first kappa shape index (κ1) is 16.0. The molecule has 1 saturated heterocycles. The second-order valence-electron chi connectivity index (χ2n) is 6.78. The zero-order valence-electron chi connectivity index (χ0n) is 13.7. The van der Waals surface area contributed by atoms with Crippen LogP contribution < -0.4 is 10.2 Å². The zero-order valence-corrected chi connectivity index (χ0v) is 15.2. The number of hydrogen-bond acceptors (Lipinski definition) is 2. The number of carbonyl (C=O) groups excluding carboxylic acids is 1. The summed E-state index contributed by atoms with van der Waals surface area (Å²) in [6.45, 7) is 9.34. The van der Waals surface area contributed by atoms with E-state index in [0.29, 0.717) is 11.8 Å². The third-order valence-corrected chi connectivity index (χ3v) is 6.30. The Kier molecular flexibility index (Phi) is 4.34. The van der Waals surface area contributed by atoms with Gasteiger partial charge in [-0.15, -0.1) is 0 Å². The van der Waals surface area contributed by atoms with E-state index in [-0.39, 0.29) is 11.3 Å². The van der Waals surface area contributed by atoms with E-state index in [0.717, 1.165) is 42.6 Å². The molecule has 2 aliphatic heterocycles. The number of anilines is 1. The number of amides is 1. The minimum absolute atomic E-state index is 0.0993. The highest BCUT2D eigenvalue weighted by Gasteiger charge is 2.44. The predicted molar refractivity (Wildman–Crippen MR) is 94.3 cm³/mol. The van der Waals surface area contributed by atoms with Gasteiger partial charge in [-0.3, -0.25) is 4.79 Å². The molecule has 0 saturated carbocycles. The lowest BCUT2D eigenvalue weighted by Crippen LogP contribution is -2.51. The van der Waals surface area contributed by atoms with Gasteiger partial charge in [-0.05, 0) is 55.6 Å². The molecule has 0 bridgehead atoms. The summed E-state index contributed by atoms with van der Waals surface area (Å²) >= 11 is 3.59. The van der Waals surface area contributed by atoms with E-state index >= 15 is 0 Å². The highest BCUT2D eigenvalue weighted by molar-refractivity contribution is 9.10. The van der Waals surface area contributed by atoms with Crippen molar-refractivity contribution in [2.75, 3.05) is 24.5 Å². The maximum absolute atomic E-state index is 13.0. The third-order valence-electron chi connectivity index (χ3n) is 5.81. The molecular weight excluding hydrogens is 340 g/mol. The van der Waals surface area contributed by atoms with Crippen molar-refractivity contribution in [3.05, 3.63) is 28.2 Å². The summed E-state index contributed by atoms with van der Waals surface area (Å²) in [5.41, 5.74) is 2.56. The van der Waals surface area contributed by atoms with Gasteiger partial charge in [0, 0.05) is 28.0 Å². The summed E-state index contributed by atoms with van der Waals surface area (Å²) in [5.74, 6) is 0.880. The molecule has 1 aromatic rings. The molecule has 1 aromatic carbocycles. The first-order chi connectivity index (χ1) is 10.5. The van der Waals surface area contributed by atoms with Gasteiger partial charge in [0.15, 0.2) is 0 Å². The minimum Gasteiger partial charge on any atom is -0.316 e. The summed E-state index contributed by atoms with van der Waals surface area (Å²) < 4.78 is 1.10. The lowest BCUT2D eigenvalue weighted by molar-refractivity contribution is -0.124. The first-order valence-electron chi connectivity index (χ1n) is 8.34. The van der Waals surface area contributed by atoms with Crippen molar-refractivity contribution < 1.29 is 4.79 Å². The number of fused-ring (bicyclic) bond motifs is 1. The standard InChI is InChI=1S/C18H25BrN2O/c1-4-18(5-2)11-21(16-7-6-14(19)8-15(16)18)17(22)12(3)13-9-20-10-13/h6-8,12-13,20H,4-5,9-11H2,1-3H3. The number of halogens is 1. The van der Waals surface area contributed by atoms with Crippen molar-refractivity contribution >= 4 is 27.5 Å². The van der Waals surface area contributed by atoms with Crippen molar-refractivity contribution in [3.8, 4) is 0 Å². The summed E-state index contributed by atoms with van der Waals surface area (Å²) in [6, 6.07) is 6.37. The molecule has 2 aliphatic rings. The van der Waals surface area contributed by atoms with Gasteiger partial charge < -0.3 is 10.2 Å². The second kappa shape index (κ2) is 5.97. The summed E-state index contributed by atoms with van der Waals surface area (Å²) in [7, 11) is 0. The Balaban J connectivity index is 1.96. The first-order valence-corrected chi connectivity index (χ1v) is 9.14. The number of nitrogens with one attached hydrogen (secondary N) is 1. The van der Waals surface area contributed by atoms with E-state index < -0.39 is 0 Å². The van der Waals surface area contributed by atoms with Crippen LogP contribution in [0.3, 0.4) is 0 Å². The van der Waals surface area contributed by atoms with Gasteiger partial charge in [-0.2, -0.15) is 0 Å². The van der Waals surface area contributed by atoms with Crippen LogP contribution in [0.15, 0.2) is 22.7 Å². The minimum atomic E-state index is 0.0993. The monoisotopic (exact) mass is 364 g/mol. The molecule has 0 spiro atoms. The Hall–Kier alpha value is -0.870. The number of carbonyl (C=O) groups is 1. The van der Waals surface area contributed by atoms with Gasteiger partial charge in [0.25, 0.3) is 0 Å². The lowest BCUT2D eigenvalue weighted by Gasteiger charge is -2.35. The molecule has 0 aromatic heterocycles. The van der Waals surface area contributed by atoms with Gasteiger partial charge in [0.1, 0.15) is 0 Å². The zero-order chi connectivity index (χ0) is 15.9. The summed E-state index contributed by atoms with van der Waals surface area (Å²) in [4.78, 5) is 15.1. The number of hydrogen-bond donors (Lipinski definition) is 1. The number of nitrogens with zero attached hydrogens (tertiary/aromatic N) is 1. The van der Waals surface area contributed by atoms with Crippen molar-refractivity contribution in [2.45, 2.75) is 39.0 Å². The smallest absolute Gasteiger partial charge is 0.230 e. The Morgan fingerprint density at radius 2 is 2.09 bits per heavy atom. The van der Waals surface area contributed by atoms with Crippen LogP contribution in [0.5, 0.6) is 0 Å². The Morgan fingerprint density at radius 1 is 1.41 bits per heavy atom. The fourth-order valence-electron chi connectivity index (χ4n) is 3.80. The van der Waals surface area contributed by atoms with Crippen LogP contribution in [0.1, 0.15) is 39.2 Å². The van der Waals surface area contributed by atoms with E-state index in [9.17, 15) is 4.79 Å². The molecule has 1 atom stereocenters. The van der Waals surface area contributed by atoms with Gasteiger partial charge in [-0.1, -0.05) is 36.7 Å². The van der Waals surface area contributed by atoms with Crippen molar-refractivity contribution in [2.24, 2.45) is 11.8 Å². The molecule has 1 unspecified atom stereocenters. The van der Waals surface area contributed by atoms with Crippen molar-refractivity contribution in [3.63, 3.8) is 0 Å². The average molecular weight is 365 g/mol. The van der Waals surface area contributed by atoms with Crippen LogP contribution in [0.4, 0.5) is 5.69 Å². The molecular formula is C18H25BrN2O. The molecule has 22 heavy (non-hydrogen) atoms. The van der Waals surface area contributed by atoms with Gasteiger partial charge in [-0.25, -0.2) is 0 Å². The molecule has 1 fully saturated rings. The van der Waals surface area contributed by atoms with Crippen molar-refractivity contribution in [1.82, 2.24) is 5.32 Å². The number of benzene rings is 1. The van der Waals surface area contributed by atoms with E-state index in [1.54, 1.807) is 0 Å². The quantitative estimate of drug-likeness (QED) is 0.882. The van der Waals surface area contributed by atoms with Crippen LogP contribution in [0.2, 0.25) is 0 Å². The lowest BCUT2D eigenvalue weighted by atomic mass is 9.77. The van der Waals surface area contributed by atoms with Gasteiger partial charge in [0.05, 0.1) is 0 Å². The molecule has 2 heterocycles. The normalized spacial score (nSPS) is 21.4. The summed E-state index contributed by atoms with van der Waals surface area (Å²) in [5, 5.41) is 3.28. The number of rotatable bonds is 4. The van der Waals surface area contributed by atoms with Crippen LogP contribution in [-0.2, 0) is 10.2 Å². The largest absolute Gasteiger partial charge is 0.316 e. The molecule has 120 valence electrons. The summed E-state index contributed by atoms with van der Waals surface area (Å²) in [6.07, 6.45) is 2.13. The molecule has 3 nitrogen and oxygen atoms in total. The molecule has 0 radical (unpaired) electrons. The Bertz CT molecular complexity index is 578. The highest BCUT2D eigenvalue weighted by Crippen LogP contribution is 2.46. The van der Waals surface area contributed by atoms with Crippen LogP contribution in [-0.4, -0.2) is 25.5 Å². The molecule has 3 rings (SSSR count).